The highest BCUT2D eigenvalue weighted by Gasteiger charge is 2.30. The molecule has 0 amide bonds. The summed E-state index contributed by atoms with van der Waals surface area (Å²) in [6.07, 6.45) is 0.655. The highest BCUT2D eigenvalue weighted by atomic mass is 79.9. The molecule has 0 bridgehead atoms. The van der Waals surface area contributed by atoms with Crippen molar-refractivity contribution in [1.82, 2.24) is 9.97 Å². The number of methoxy groups -OCH3 is 1. The van der Waals surface area contributed by atoms with Gasteiger partial charge in [0.25, 0.3) is 0 Å². The van der Waals surface area contributed by atoms with E-state index in [0.29, 0.717) is 15.9 Å². The largest absolute Gasteiger partial charge is 0.464 e. The third kappa shape index (κ3) is 4.10. The highest BCUT2D eigenvalue weighted by molar-refractivity contribution is 9.10. The van der Waals surface area contributed by atoms with Crippen molar-refractivity contribution in [3.8, 4) is 0 Å². The number of aromatic nitrogens is 2. The quantitative estimate of drug-likeness (QED) is 0.677. The molecule has 1 unspecified atom stereocenters. The topological polar surface area (TPSA) is 64.1 Å². The number of halogens is 3. The van der Waals surface area contributed by atoms with Gasteiger partial charge in [-0.2, -0.15) is 0 Å². The predicted octanol–water partition coefficient (Wildman–Crippen LogP) is 4.68. The maximum absolute atomic E-state index is 14.5. The minimum atomic E-state index is -1.27. The lowest BCUT2D eigenvalue weighted by Gasteiger charge is -2.15. The summed E-state index contributed by atoms with van der Waals surface area (Å²) in [5.74, 6) is 0.350. The van der Waals surface area contributed by atoms with Crippen molar-refractivity contribution in [3.05, 3.63) is 50.8 Å². The van der Waals surface area contributed by atoms with Crippen LogP contribution < -0.4 is 5.32 Å². The van der Waals surface area contributed by atoms with E-state index in [4.69, 9.17) is 16.3 Å². The van der Waals surface area contributed by atoms with Crippen molar-refractivity contribution in [1.29, 1.82) is 0 Å². The van der Waals surface area contributed by atoms with Gasteiger partial charge in [-0.15, -0.1) is 0 Å². The summed E-state index contributed by atoms with van der Waals surface area (Å²) in [7, 11) is 1.26. The molecule has 5 nitrogen and oxygen atoms in total. The zero-order chi connectivity index (χ0) is 18.0. The summed E-state index contributed by atoms with van der Waals surface area (Å²) >= 11 is 9.56. The van der Waals surface area contributed by atoms with Gasteiger partial charge in [-0.3, -0.25) is 0 Å². The van der Waals surface area contributed by atoms with Crippen LogP contribution in [0.5, 0.6) is 0 Å². The van der Waals surface area contributed by atoms with E-state index in [1.165, 1.54) is 7.11 Å². The first-order chi connectivity index (χ1) is 12.0. The molecular formula is C17H16BrClFN3O2. The number of esters is 1. The fourth-order valence-corrected chi connectivity index (χ4v) is 3.12. The minimum Gasteiger partial charge on any atom is -0.464 e. The average Bonchev–Trinajstić information content (AvgIpc) is 3.45. The Morgan fingerprint density at radius 3 is 2.80 bits per heavy atom. The Morgan fingerprint density at radius 2 is 2.16 bits per heavy atom. The standard InChI is InChI=1S/C17H16BrClFN3O2/c1-25-17(24)14-13(19)16(23-15(22-14)9-6-7-9)21-8-12(20)10-4-2-3-5-11(10)18/h2-5,9,12H,6-8H2,1H3,(H,21,22,23). The third-order valence-corrected chi connectivity index (χ3v) is 4.96. The van der Waals surface area contributed by atoms with E-state index >= 15 is 0 Å². The number of ether oxygens (including phenoxy) is 1. The fraction of sp³-hybridized carbons (Fsp3) is 0.353. The molecule has 1 aliphatic rings. The summed E-state index contributed by atoms with van der Waals surface area (Å²) in [6.45, 7) is -0.0376. The van der Waals surface area contributed by atoms with Gasteiger partial charge in [0.05, 0.1) is 13.7 Å². The first-order valence-corrected chi connectivity index (χ1v) is 8.96. The summed E-state index contributed by atoms with van der Waals surface area (Å²) in [6, 6.07) is 7.07. The fourth-order valence-electron chi connectivity index (χ4n) is 2.36. The van der Waals surface area contributed by atoms with Crippen LogP contribution >= 0.6 is 27.5 Å². The van der Waals surface area contributed by atoms with E-state index < -0.39 is 12.1 Å². The number of anilines is 1. The van der Waals surface area contributed by atoms with E-state index in [2.05, 4.69) is 31.2 Å². The Bertz CT molecular complexity index is 801. The maximum Gasteiger partial charge on any atom is 0.358 e. The zero-order valence-corrected chi connectivity index (χ0v) is 15.8. The van der Waals surface area contributed by atoms with Crippen molar-refractivity contribution in [2.75, 3.05) is 19.0 Å². The predicted molar refractivity (Wildman–Crippen MR) is 96.8 cm³/mol. The molecule has 1 aromatic heterocycles. The zero-order valence-electron chi connectivity index (χ0n) is 13.4. The lowest BCUT2D eigenvalue weighted by molar-refractivity contribution is 0.0593. The molecule has 2 aromatic rings. The molecule has 0 saturated heterocycles. The van der Waals surface area contributed by atoms with Crippen molar-refractivity contribution >= 4 is 39.3 Å². The number of benzene rings is 1. The number of carbonyl (C=O) groups is 1. The van der Waals surface area contributed by atoms with Gasteiger partial charge >= 0.3 is 5.97 Å². The summed E-state index contributed by atoms with van der Waals surface area (Å²) < 4.78 is 19.9. The van der Waals surface area contributed by atoms with Crippen LogP contribution in [-0.2, 0) is 4.74 Å². The number of nitrogens with zero attached hydrogens (tertiary/aromatic N) is 2. The first kappa shape index (κ1) is 18.1. The molecule has 0 spiro atoms. The van der Waals surface area contributed by atoms with Crippen molar-refractivity contribution < 1.29 is 13.9 Å². The Morgan fingerprint density at radius 1 is 1.44 bits per heavy atom. The Balaban J connectivity index is 1.83. The number of nitrogens with one attached hydrogen (secondary N) is 1. The second-order valence-corrected chi connectivity index (χ2v) is 6.96. The molecule has 1 aliphatic carbocycles. The highest BCUT2D eigenvalue weighted by Crippen LogP contribution is 2.40. The van der Waals surface area contributed by atoms with E-state index in [0.717, 1.165) is 12.8 Å². The maximum atomic E-state index is 14.5. The summed E-state index contributed by atoms with van der Waals surface area (Å²) in [5, 5.41) is 2.93. The van der Waals surface area contributed by atoms with Gasteiger partial charge in [0.1, 0.15) is 22.8 Å². The lowest BCUT2D eigenvalue weighted by Crippen LogP contribution is -2.15. The molecule has 1 atom stereocenters. The number of rotatable bonds is 6. The van der Waals surface area contributed by atoms with Gasteiger partial charge in [-0.1, -0.05) is 45.7 Å². The number of hydrogen-bond acceptors (Lipinski definition) is 5. The van der Waals surface area contributed by atoms with E-state index in [1.807, 2.05) is 6.07 Å². The Labute approximate surface area is 158 Å². The molecule has 3 rings (SSSR count). The second-order valence-electron chi connectivity index (χ2n) is 5.73. The number of carbonyl (C=O) groups excluding carboxylic acids is 1. The lowest BCUT2D eigenvalue weighted by atomic mass is 10.1. The molecule has 25 heavy (non-hydrogen) atoms. The van der Waals surface area contributed by atoms with Gasteiger partial charge in [0, 0.05) is 16.0 Å². The van der Waals surface area contributed by atoms with Crippen LogP contribution in [-0.4, -0.2) is 29.6 Å². The van der Waals surface area contributed by atoms with Crippen LogP contribution in [0.15, 0.2) is 28.7 Å². The molecular weight excluding hydrogens is 413 g/mol. The molecule has 1 aromatic carbocycles. The summed E-state index contributed by atoms with van der Waals surface area (Å²) in [4.78, 5) is 20.4. The molecule has 0 aliphatic heterocycles. The Hall–Kier alpha value is -1.73. The third-order valence-electron chi connectivity index (χ3n) is 3.88. The molecule has 1 heterocycles. The normalized spacial score (nSPS) is 14.9. The van der Waals surface area contributed by atoms with Gasteiger partial charge < -0.3 is 10.1 Å². The number of hydrogen-bond donors (Lipinski definition) is 1. The second kappa shape index (κ2) is 7.66. The Kier molecular flexibility index (Phi) is 5.54. The van der Waals surface area contributed by atoms with Crippen molar-refractivity contribution in [2.24, 2.45) is 0 Å². The van der Waals surface area contributed by atoms with Crippen LogP contribution in [0.3, 0.4) is 0 Å². The smallest absolute Gasteiger partial charge is 0.358 e. The van der Waals surface area contributed by atoms with E-state index in [9.17, 15) is 9.18 Å². The van der Waals surface area contributed by atoms with Gasteiger partial charge in [0.15, 0.2) is 5.69 Å². The van der Waals surface area contributed by atoms with Crippen LogP contribution in [0, 0.1) is 0 Å². The van der Waals surface area contributed by atoms with Crippen molar-refractivity contribution in [2.45, 2.75) is 24.9 Å². The van der Waals surface area contributed by atoms with Crippen LogP contribution in [0.2, 0.25) is 5.02 Å². The van der Waals surface area contributed by atoms with Gasteiger partial charge in [0.2, 0.25) is 0 Å². The van der Waals surface area contributed by atoms with E-state index in [-0.39, 0.29) is 29.0 Å². The van der Waals surface area contributed by atoms with E-state index in [1.54, 1.807) is 18.2 Å². The van der Waals surface area contributed by atoms with Crippen LogP contribution in [0.4, 0.5) is 10.2 Å². The van der Waals surface area contributed by atoms with Crippen LogP contribution in [0.1, 0.15) is 46.8 Å². The molecule has 132 valence electrons. The molecule has 1 N–H and O–H groups in total. The number of alkyl halides is 1. The SMILES string of the molecule is COC(=O)c1nc(C2CC2)nc(NCC(F)c2ccccc2Br)c1Cl. The minimum absolute atomic E-state index is 0.000124. The monoisotopic (exact) mass is 427 g/mol. The average molecular weight is 429 g/mol. The molecule has 1 fully saturated rings. The molecule has 0 radical (unpaired) electrons. The first-order valence-electron chi connectivity index (χ1n) is 7.79. The van der Waals surface area contributed by atoms with Crippen LogP contribution in [0.25, 0.3) is 0 Å². The van der Waals surface area contributed by atoms with Gasteiger partial charge in [-0.05, 0) is 18.9 Å². The van der Waals surface area contributed by atoms with Crippen molar-refractivity contribution in [3.63, 3.8) is 0 Å². The van der Waals surface area contributed by atoms with Gasteiger partial charge in [-0.25, -0.2) is 19.2 Å². The molecule has 1 saturated carbocycles. The summed E-state index contributed by atoms with van der Waals surface area (Å²) in [5.41, 5.74) is 0.524. The molecule has 8 heteroatoms.